The van der Waals surface area contributed by atoms with Gasteiger partial charge in [0.1, 0.15) is 0 Å². The minimum atomic E-state index is 0.0857. The van der Waals surface area contributed by atoms with Crippen LogP contribution in [0.15, 0.2) is 47.1 Å². The van der Waals surface area contributed by atoms with Crippen LogP contribution < -0.4 is 9.47 Å². The molecule has 7 nitrogen and oxygen atoms in total. The maximum absolute atomic E-state index is 6.02. The number of piperidine rings is 1. The van der Waals surface area contributed by atoms with Gasteiger partial charge in [-0.25, -0.2) is 0 Å². The molecule has 0 unspecified atom stereocenters. The highest BCUT2D eigenvalue weighted by Gasteiger charge is 2.29. The van der Waals surface area contributed by atoms with Gasteiger partial charge in [0.2, 0.25) is 11.8 Å². The zero-order valence-corrected chi connectivity index (χ0v) is 16.2. The predicted molar refractivity (Wildman–Crippen MR) is 104 cm³/mol. The Kier molecular flexibility index (Phi) is 5.53. The van der Waals surface area contributed by atoms with E-state index >= 15 is 0 Å². The largest absolute Gasteiger partial charge is 0.493 e. The molecule has 1 fully saturated rings. The lowest BCUT2D eigenvalue weighted by Crippen LogP contribution is -2.33. The normalized spacial score (nSPS) is 17.4. The zero-order valence-electron chi connectivity index (χ0n) is 16.2. The van der Waals surface area contributed by atoms with E-state index in [9.17, 15) is 0 Å². The van der Waals surface area contributed by atoms with Crippen LogP contribution >= 0.6 is 0 Å². The van der Waals surface area contributed by atoms with Crippen molar-refractivity contribution in [3.63, 3.8) is 0 Å². The number of para-hydroxylation sites is 1. The summed E-state index contributed by atoms with van der Waals surface area (Å²) < 4.78 is 17.1. The molecular weight excluding hydrogens is 356 g/mol. The fraction of sp³-hybridized carbons (Fsp3) is 0.381. The van der Waals surface area contributed by atoms with E-state index in [4.69, 9.17) is 13.9 Å². The van der Waals surface area contributed by atoms with Crippen LogP contribution in [0, 0.1) is 0 Å². The van der Waals surface area contributed by atoms with Gasteiger partial charge >= 0.3 is 0 Å². The molecule has 4 rings (SSSR count). The van der Waals surface area contributed by atoms with Crippen molar-refractivity contribution < 1.29 is 13.9 Å². The van der Waals surface area contributed by atoms with Crippen molar-refractivity contribution in [2.45, 2.75) is 31.8 Å². The van der Waals surface area contributed by atoms with Crippen LogP contribution in [0.25, 0.3) is 11.5 Å². The third kappa shape index (κ3) is 3.71. The van der Waals surface area contributed by atoms with Gasteiger partial charge in [0.15, 0.2) is 11.5 Å². The molecule has 0 saturated carbocycles. The summed E-state index contributed by atoms with van der Waals surface area (Å²) in [5, 5.41) is 8.58. The first-order valence-electron chi connectivity index (χ1n) is 9.48. The van der Waals surface area contributed by atoms with Gasteiger partial charge in [0.25, 0.3) is 0 Å². The fourth-order valence-electron chi connectivity index (χ4n) is 3.73. The molecule has 146 valence electrons. The molecule has 28 heavy (non-hydrogen) atoms. The summed E-state index contributed by atoms with van der Waals surface area (Å²) in [5.41, 5.74) is 1.92. The highest BCUT2D eigenvalue weighted by atomic mass is 16.5. The van der Waals surface area contributed by atoms with Crippen molar-refractivity contribution in [2.24, 2.45) is 0 Å². The molecule has 0 spiro atoms. The number of nitrogens with zero attached hydrogens (tertiary/aromatic N) is 4. The standard InChI is InChI=1S/C21H24N4O3/c1-26-18-10-5-7-16(19(18)27-2)14-25-12-4-3-9-17(25)21-24-23-20(28-21)15-8-6-11-22-13-15/h5-8,10-11,13,17H,3-4,9,12,14H2,1-2H3/t17-/m1/s1. The molecule has 1 aromatic carbocycles. The van der Waals surface area contributed by atoms with Gasteiger partial charge in [-0.2, -0.15) is 0 Å². The SMILES string of the molecule is COc1cccc(CN2CCCC[C@@H]2c2nnc(-c3cccnc3)o2)c1OC. The minimum Gasteiger partial charge on any atom is -0.493 e. The van der Waals surface area contributed by atoms with E-state index in [1.54, 1.807) is 26.6 Å². The van der Waals surface area contributed by atoms with Crippen molar-refractivity contribution in [3.8, 4) is 23.0 Å². The lowest BCUT2D eigenvalue weighted by Gasteiger charge is -2.33. The molecule has 0 amide bonds. The van der Waals surface area contributed by atoms with Crippen LogP contribution in [-0.4, -0.2) is 40.8 Å². The molecule has 7 heteroatoms. The summed E-state index contributed by atoms with van der Waals surface area (Å²) in [6.45, 7) is 1.70. The molecule has 2 aromatic heterocycles. The van der Waals surface area contributed by atoms with Crippen LogP contribution in [0.2, 0.25) is 0 Å². The maximum Gasteiger partial charge on any atom is 0.249 e. The number of rotatable bonds is 6. The molecule has 0 N–H and O–H groups in total. The van der Waals surface area contributed by atoms with Gasteiger partial charge in [0, 0.05) is 24.5 Å². The zero-order chi connectivity index (χ0) is 19.3. The van der Waals surface area contributed by atoms with E-state index < -0.39 is 0 Å². The first-order valence-corrected chi connectivity index (χ1v) is 9.48. The second kappa shape index (κ2) is 8.39. The van der Waals surface area contributed by atoms with Crippen molar-refractivity contribution in [2.75, 3.05) is 20.8 Å². The Hall–Kier alpha value is -2.93. The van der Waals surface area contributed by atoms with E-state index in [0.29, 0.717) is 11.8 Å². The van der Waals surface area contributed by atoms with Gasteiger partial charge < -0.3 is 13.9 Å². The van der Waals surface area contributed by atoms with Gasteiger partial charge in [-0.05, 0) is 37.6 Å². The number of ether oxygens (including phenoxy) is 2. The van der Waals surface area contributed by atoms with Crippen molar-refractivity contribution in [1.29, 1.82) is 0 Å². The van der Waals surface area contributed by atoms with Gasteiger partial charge in [-0.15, -0.1) is 10.2 Å². The maximum atomic E-state index is 6.02. The summed E-state index contributed by atoms with van der Waals surface area (Å²) in [7, 11) is 3.33. The summed E-state index contributed by atoms with van der Waals surface area (Å²) in [6.07, 6.45) is 6.73. The summed E-state index contributed by atoms with van der Waals surface area (Å²) >= 11 is 0. The average molecular weight is 380 g/mol. The Balaban J connectivity index is 1.59. The molecule has 1 saturated heterocycles. The molecular formula is C21H24N4O3. The quantitative estimate of drug-likeness (QED) is 0.642. The number of hydrogen-bond acceptors (Lipinski definition) is 7. The first-order chi connectivity index (χ1) is 13.8. The molecule has 1 aliphatic rings. The molecule has 1 atom stereocenters. The van der Waals surface area contributed by atoms with Crippen molar-refractivity contribution in [1.82, 2.24) is 20.1 Å². The van der Waals surface area contributed by atoms with E-state index in [-0.39, 0.29) is 6.04 Å². The van der Waals surface area contributed by atoms with E-state index in [1.807, 2.05) is 24.3 Å². The lowest BCUT2D eigenvalue weighted by atomic mass is 10.0. The molecule has 0 radical (unpaired) electrons. The monoisotopic (exact) mass is 380 g/mol. The smallest absolute Gasteiger partial charge is 0.249 e. The molecule has 3 heterocycles. The van der Waals surface area contributed by atoms with E-state index in [1.165, 1.54) is 0 Å². The fourth-order valence-corrected chi connectivity index (χ4v) is 3.73. The Morgan fingerprint density at radius 3 is 2.82 bits per heavy atom. The Labute approximate surface area is 164 Å². The number of benzene rings is 1. The van der Waals surface area contributed by atoms with Gasteiger partial charge in [0.05, 0.1) is 25.8 Å². The highest BCUT2D eigenvalue weighted by Crippen LogP contribution is 2.36. The summed E-state index contributed by atoms with van der Waals surface area (Å²) in [5.74, 6) is 2.68. The third-order valence-electron chi connectivity index (χ3n) is 5.11. The van der Waals surface area contributed by atoms with Crippen molar-refractivity contribution >= 4 is 0 Å². The number of aromatic nitrogens is 3. The Morgan fingerprint density at radius 2 is 2.04 bits per heavy atom. The third-order valence-corrected chi connectivity index (χ3v) is 5.11. The number of pyridine rings is 1. The van der Waals surface area contributed by atoms with Crippen LogP contribution in [-0.2, 0) is 6.54 Å². The number of hydrogen-bond donors (Lipinski definition) is 0. The van der Waals surface area contributed by atoms with Crippen LogP contribution in [0.1, 0.15) is 36.8 Å². The predicted octanol–water partition coefficient (Wildman–Crippen LogP) is 3.88. The average Bonchev–Trinajstić information content (AvgIpc) is 3.24. The molecule has 0 bridgehead atoms. The van der Waals surface area contributed by atoms with Crippen LogP contribution in [0.4, 0.5) is 0 Å². The second-order valence-corrected chi connectivity index (χ2v) is 6.82. The Morgan fingerprint density at radius 1 is 1.11 bits per heavy atom. The van der Waals surface area contributed by atoms with Crippen LogP contribution in [0.5, 0.6) is 11.5 Å². The van der Waals surface area contributed by atoms with Crippen molar-refractivity contribution in [3.05, 3.63) is 54.2 Å². The van der Waals surface area contributed by atoms with E-state index in [0.717, 1.165) is 55.0 Å². The highest BCUT2D eigenvalue weighted by molar-refractivity contribution is 5.50. The molecule has 1 aliphatic heterocycles. The topological polar surface area (TPSA) is 73.5 Å². The second-order valence-electron chi connectivity index (χ2n) is 6.82. The summed E-state index contributed by atoms with van der Waals surface area (Å²) in [4.78, 5) is 6.50. The van der Waals surface area contributed by atoms with Gasteiger partial charge in [-0.1, -0.05) is 18.6 Å². The number of likely N-dealkylation sites (tertiary alicyclic amines) is 1. The summed E-state index contributed by atoms with van der Waals surface area (Å²) in [6, 6.07) is 9.84. The van der Waals surface area contributed by atoms with Crippen LogP contribution in [0.3, 0.4) is 0 Å². The van der Waals surface area contributed by atoms with E-state index in [2.05, 4.69) is 26.1 Å². The lowest BCUT2D eigenvalue weighted by molar-refractivity contribution is 0.117. The molecule has 3 aromatic rings. The minimum absolute atomic E-state index is 0.0857. The number of methoxy groups -OCH3 is 2. The molecule has 0 aliphatic carbocycles. The Bertz CT molecular complexity index is 913. The van der Waals surface area contributed by atoms with Gasteiger partial charge in [-0.3, -0.25) is 9.88 Å². The first kappa shape index (κ1) is 18.4.